The molecule has 2 aromatic rings. The quantitative estimate of drug-likeness (QED) is 0.904. The van der Waals surface area contributed by atoms with Gasteiger partial charge in [-0.1, -0.05) is 30.3 Å². The van der Waals surface area contributed by atoms with Crippen LogP contribution in [0.1, 0.15) is 11.1 Å². The van der Waals surface area contributed by atoms with E-state index in [1.807, 2.05) is 6.07 Å². The van der Waals surface area contributed by atoms with Gasteiger partial charge in [0, 0.05) is 11.8 Å². The first-order valence-corrected chi connectivity index (χ1v) is 6.18. The number of benzene rings is 2. The molecule has 0 atom stereocenters. The van der Waals surface area contributed by atoms with Crippen LogP contribution >= 0.6 is 0 Å². The lowest BCUT2D eigenvalue weighted by Crippen LogP contribution is -2.24. The zero-order chi connectivity index (χ0) is 15.1. The summed E-state index contributed by atoms with van der Waals surface area (Å²) in [6.07, 6.45) is 2.79. The van der Waals surface area contributed by atoms with E-state index in [4.69, 9.17) is 5.26 Å². The van der Waals surface area contributed by atoms with Gasteiger partial charge in [-0.05, 0) is 24.3 Å². The van der Waals surface area contributed by atoms with Gasteiger partial charge in [0.15, 0.2) is 0 Å². The smallest absolute Gasteiger partial charge is 0.314 e. The van der Waals surface area contributed by atoms with Crippen LogP contribution in [-0.2, 0) is 0 Å². The molecule has 0 fully saturated rings. The van der Waals surface area contributed by atoms with Crippen LogP contribution in [0.25, 0.3) is 6.08 Å². The number of urea groups is 1. The summed E-state index contributed by atoms with van der Waals surface area (Å²) in [4.78, 5) is 11.7. The van der Waals surface area contributed by atoms with Gasteiger partial charge >= 0.3 is 6.03 Å². The van der Waals surface area contributed by atoms with Gasteiger partial charge in [-0.2, -0.15) is 5.26 Å². The topological polar surface area (TPSA) is 64.9 Å². The van der Waals surface area contributed by atoms with Crippen molar-refractivity contribution in [2.75, 3.05) is 5.32 Å². The minimum atomic E-state index is -0.509. The van der Waals surface area contributed by atoms with E-state index in [-0.39, 0.29) is 5.82 Å². The molecule has 104 valence electrons. The van der Waals surface area contributed by atoms with E-state index in [9.17, 15) is 9.18 Å². The first-order chi connectivity index (χ1) is 10.2. The van der Waals surface area contributed by atoms with Gasteiger partial charge in [0.1, 0.15) is 11.9 Å². The first kappa shape index (κ1) is 14.3. The van der Waals surface area contributed by atoms with Gasteiger partial charge in [0.25, 0.3) is 0 Å². The van der Waals surface area contributed by atoms with E-state index < -0.39 is 6.03 Å². The number of hydrogen-bond donors (Lipinski definition) is 2. The number of nitrogens with zero attached hydrogens (tertiary/aromatic N) is 1. The number of nitriles is 1. The summed E-state index contributed by atoms with van der Waals surface area (Å²) in [6, 6.07) is 14.3. The molecule has 2 rings (SSSR count). The Hall–Kier alpha value is -3.13. The monoisotopic (exact) mass is 281 g/mol. The van der Waals surface area contributed by atoms with Crippen molar-refractivity contribution in [1.82, 2.24) is 5.32 Å². The van der Waals surface area contributed by atoms with Gasteiger partial charge in [-0.25, -0.2) is 9.18 Å². The minimum Gasteiger partial charge on any atom is -0.314 e. The fraction of sp³-hybridized carbons (Fsp3) is 0. The summed E-state index contributed by atoms with van der Waals surface area (Å²) in [5.41, 5.74) is 1.15. The zero-order valence-corrected chi connectivity index (χ0v) is 11.0. The minimum absolute atomic E-state index is 0.366. The van der Waals surface area contributed by atoms with Gasteiger partial charge in [-0.3, -0.25) is 0 Å². The van der Waals surface area contributed by atoms with Gasteiger partial charge in [0.05, 0.1) is 11.3 Å². The average molecular weight is 281 g/mol. The lowest BCUT2D eigenvalue weighted by atomic mass is 10.2. The molecule has 0 spiro atoms. The Bertz CT molecular complexity index is 719. The molecule has 0 aliphatic rings. The molecule has 2 amide bonds. The first-order valence-electron chi connectivity index (χ1n) is 6.18. The maximum absolute atomic E-state index is 13.3. The largest absolute Gasteiger partial charge is 0.323 e. The van der Waals surface area contributed by atoms with Gasteiger partial charge < -0.3 is 10.6 Å². The van der Waals surface area contributed by atoms with E-state index >= 15 is 0 Å². The van der Waals surface area contributed by atoms with Crippen molar-refractivity contribution in [3.8, 4) is 6.07 Å². The third-order valence-corrected chi connectivity index (χ3v) is 2.68. The molecule has 0 radical (unpaired) electrons. The summed E-state index contributed by atoms with van der Waals surface area (Å²) < 4.78 is 13.3. The van der Waals surface area contributed by atoms with Crippen molar-refractivity contribution in [2.24, 2.45) is 0 Å². The van der Waals surface area contributed by atoms with Crippen LogP contribution in [0.3, 0.4) is 0 Å². The Morgan fingerprint density at radius 1 is 1.14 bits per heavy atom. The Labute approximate surface area is 121 Å². The van der Waals surface area contributed by atoms with Crippen LogP contribution in [-0.4, -0.2) is 6.03 Å². The highest BCUT2D eigenvalue weighted by Crippen LogP contribution is 2.13. The van der Waals surface area contributed by atoms with Crippen molar-refractivity contribution in [2.45, 2.75) is 0 Å². The molecule has 0 aliphatic carbocycles. The fourth-order valence-corrected chi connectivity index (χ4v) is 1.67. The maximum Gasteiger partial charge on any atom is 0.323 e. The molecule has 0 bridgehead atoms. The van der Waals surface area contributed by atoms with Crippen molar-refractivity contribution in [3.05, 3.63) is 71.7 Å². The predicted octanol–water partition coefficient (Wildman–Crippen LogP) is 3.49. The van der Waals surface area contributed by atoms with E-state index in [1.54, 1.807) is 42.5 Å². The number of amides is 2. The van der Waals surface area contributed by atoms with E-state index in [2.05, 4.69) is 10.6 Å². The normalized spacial score (nSPS) is 10.1. The third kappa shape index (κ3) is 3.91. The molecule has 0 aromatic heterocycles. The molecule has 2 aromatic carbocycles. The number of halogens is 1. The number of rotatable bonds is 3. The van der Waals surface area contributed by atoms with Crippen LogP contribution in [0.5, 0.6) is 0 Å². The highest BCUT2D eigenvalue weighted by molar-refractivity contribution is 5.91. The number of carbonyl (C=O) groups is 1. The summed E-state index contributed by atoms with van der Waals surface area (Å²) in [5.74, 6) is -0.370. The highest BCUT2D eigenvalue weighted by Gasteiger charge is 2.04. The van der Waals surface area contributed by atoms with Gasteiger partial charge in [0.2, 0.25) is 0 Å². The van der Waals surface area contributed by atoms with E-state index in [0.717, 1.165) is 0 Å². The van der Waals surface area contributed by atoms with Crippen LogP contribution in [0, 0.1) is 17.1 Å². The standard InChI is InChI=1S/C16H12FN3O/c17-14-7-3-1-5-12(14)9-10-19-16(21)20-15-8-4-2-6-13(15)11-18/h1-10H,(H2,19,20,21)/b10-9+. The Balaban J connectivity index is 1.97. The number of anilines is 1. The second-order valence-corrected chi connectivity index (χ2v) is 4.11. The predicted molar refractivity (Wildman–Crippen MR) is 78.7 cm³/mol. The molecule has 0 unspecified atom stereocenters. The maximum atomic E-state index is 13.3. The summed E-state index contributed by atoms with van der Waals surface area (Å²) in [7, 11) is 0. The van der Waals surface area contributed by atoms with Gasteiger partial charge in [-0.15, -0.1) is 0 Å². The molecule has 5 heteroatoms. The molecule has 0 saturated heterocycles. The highest BCUT2D eigenvalue weighted by atomic mass is 19.1. The van der Waals surface area contributed by atoms with Crippen LogP contribution in [0.2, 0.25) is 0 Å². The fourth-order valence-electron chi connectivity index (χ4n) is 1.67. The molecular formula is C16H12FN3O. The van der Waals surface area contributed by atoms with E-state index in [1.165, 1.54) is 18.3 Å². The number of hydrogen-bond acceptors (Lipinski definition) is 2. The lowest BCUT2D eigenvalue weighted by Gasteiger charge is -2.05. The van der Waals surface area contributed by atoms with E-state index in [0.29, 0.717) is 16.8 Å². The lowest BCUT2D eigenvalue weighted by molar-refractivity contribution is 0.255. The molecule has 4 nitrogen and oxygen atoms in total. The number of carbonyl (C=O) groups excluding carboxylic acids is 1. The molecule has 2 N–H and O–H groups in total. The Morgan fingerprint density at radius 2 is 1.86 bits per heavy atom. The second-order valence-electron chi connectivity index (χ2n) is 4.11. The van der Waals surface area contributed by atoms with Crippen molar-refractivity contribution in [1.29, 1.82) is 5.26 Å². The van der Waals surface area contributed by atoms with Crippen LogP contribution in [0.4, 0.5) is 14.9 Å². The van der Waals surface area contributed by atoms with Crippen molar-refractivity contribution >= 4 is 17.8 Å². The second kappa shape index (κ2) is 6.87. The molecular weight excluding hydrogens is 269 g/mol. The molecule has 0 aliphatic heterocycles. The SMILES string of the molecule is N#Cc1ccccc1NC(=O)N/C=C/c1ccccc1F. The molecule has 0 heterocycles. The summed E-state index contributed by atoms with van der Waals surface area (Å²) in [5, 5.41) is 13.9. The van der Waals surface area contributed by atoms with Crippen molar-refractivity contribution < 1.29 is 9.18 Å². The molecule has 0 saturated carbocycles. The number of para-hydroxylation sites is 1. The van der Waals surface area contributed by atoms with Crippen LogP contribution < -0.4 is 10.6 Å². The third-order valence-electron chi connectivity index (χ3n) is 2.68. The molecule has 21 heavy (non-hydrogen) atoms. The number of nitrogens with one attached hydrogen (secondary N) is 2. The Morgan fingerprint density at radius 3 is 2.62 bits per heavy atom. The Kier molecular flexibility index (Phi) is 4.67. The van der Waals surface area contributed by atoms with Crippen molar-refractivity contribution in [3.63, 3.8) is 0 Å². The summed E-state index contributed by atoms with van der Waals surface area (Å²) >= 11 is 0. The summed E-state index contributed by atoms with van der Waals surface area (Å²) in [6.45, 7) is 0. The average Bonchev–Trinajstić information content (AvgIpc) is 2.50. The van der Waals surface area contributed by atoms with Crippen LogP contribution in [0.15, 0.2) is 54.7 Å². The zero-order valence-electron chi connectivity index (χ0n) is 11.0.